The van der Waals surface area contributed by atoms with Crippen LogP contribution in [0.15, 0.2) is 48.7 Å². The second kappa shape index (κ2) is 14.0. The lowest BCUT2D eigenvalue weighted by molar-refractivity contribution is -0.144. The van der Waals surface area contributed by atoms with Gasteiger partial charge < -0.3 is 29.4 Å². The molecule has 0 saturated heterocycles. The Morgan fingerprint density at radius 2 is 1.98 bits per heavy atom. The number of nitrogens with one attached hydrogen (secondary N) is 1. The van der Waals surface area contributed by atoms with Gasteiger partial charge in [-0.15, -0.1) is 0 Å². The maximum Gasteiger partial charge on any atom is 0.329 e. The zero-order chi connectivity index (χ0) is 34.2. The number of halogens is 1. The number of carbonyl (C=O) groups is 1. The van der Waals surface area contributed by atoms with E-state index in [2.05, 4.69) is 36.3 Å². The summed E-state index contributed by atoms with van der Waals surface area (Å²) in [6.07, 6.45) is 10.3. The van der Waals surface area contributed by atoms with E-state index in [9.17, 15) is 9.90 Å². The highest BCUT2D eigenvalue weighted by Crippen LogP contribution is 2.58. The Balaban J connectivity index is 1.16. The molecule has 1 aromatic heterocycles. The van der Waals surface area contributed by atoms with E-state index >= 15 is 0 Å². The Hall–Kier alpha value is -3.49. The zero-order valence-electron chi connectivity index (χ0n) is 28.9. The van der Waals surface area contributed by atoms with E-state index in [0.717, 1.165) is 61.5 Å². The van der Waals surface area contributed by atoms with Crippen LogP contribution in [0.4, 0.5) is 5.69 Å². The summed E-state index contributed by atoms with van der Waals surface area (Å²) >= 11 is 6.29. The van der Waals surface area contributed by atoms with E-state index in [4.69, 9.17) is 30.5 Å². The van der Waals surface area contributed by atoms with Crippen LogP contribution in [-0.4, -0.2) is 54.6 Å². The molecule has 0 bridgehead atoms. The van der Waals surface area contributed by atoms with Crippen LogP contribution >= 0.6 is 11.6 Å². The van der Waals surface area contributed by atoms with Crippen LogP contribution in [0.3, 0.4) is 0 Å². The van der Waals surface area contributed by atoms with Crippen molar-refractivity contribution in [2.75, 3.05) is 32.2 Å². The van der Waals surface area contributed by atoms with Gasteiger partial charge in [0.2, 0.25) is 0 Å². The van der Waals surface area contributed by atoms with Crippen molar-refractivity contribution >= 4 is 23.3 Å². The largest absolute Gasteiger partial charge is 0.493 e. The van der Waals surface area contributed by atoms with Gasteiger partial charge in [-0.1, -0.05) is 31.5 Å². The Kier molecular flexibility index (Phi) is 9.73. The molecule has 8 nitrogen and oxygen atoms in total. The molecule has 1 spiro atoms. The van der Waals surface area contributed by atoms with E-state index in [1.54, 1.807) is 19.2 Å². The molecule has 2 aromatic carbocycles. The molecule has 2 heterocycles. The van der Waals surface area contributed by atoms with Gasteiger partial charge in [0, 0.05) is 41.7 Å². The molecule has 0 unspecified atom stereocenters. The Labute approximate surface area is 294 Å². The minimum atomic E-state index is -1.08. The van der Waals surface area contributed by atoms with Gasteiger partial charge in [-0.05, 0) is 128 Å². The summed E-state index contributed by atoms with van der Waals surface area (Å²) in [6.45, 7) is 6.28. The normalized spacial score (nSPS) is 27.9. The summed E-state index contributed by atoms with van der Waals surface area (Å²) < 4.78 is 24.7. The lowest BCUT2D eigenvalue weighted by Crippen LogP contribution is -2.53. The smallest absolute Gasteiger partial charge is 0.329 e. The second-order valence-electron chi connectivity index (χ2n) is 15.0. The topological polar surface area (TPSA) is 99.1 Å². The van der Waals surface area contributed by atoms with E-state index < -0.39 is 11.5 Å². The van der Waals surface area contributed by atoms with E-state index in [1.165, 1.54) is 35.2 Å². The standard InChI is InChI=1S/C40H49ClN2O6/c1-25(23-48-34-10-16-42-33-9-4-6-26(2)37(33)34)18-28-19-27-20-35-36(49-31(24-46-3)11-17-47-35)22-32(27)39(28)12-14-40(15-13-39,38(44)45)43-30-8-5-7-29(41)21-30/h5,7-8,10,16,20-22,25-26,28,31,43H,4,6,9,11-15,17-19,23-24H2,1-3H3,(H,44,45)/t25-,26-,28+,31-,39?,40?/m1/s1. The Bertz CT molecular complexity index is 1670. The van der Waals surface area contributed by atoms with Crippen LogP contribution < -0.4 is 19.5 Å². The summed E-state index contributed by atoms with van der Waals surface area (Å²) in [5, 5.41) is 14.6. The minimum Gasteiger partial charge on any atom is -0.493 e. The first kappa shape index (κ1) is 34.0. The molecule has 262 valence electrons. The van der Waals surface area contributed by atoms with Crippen molar-refractivity contribution in [2.24, 2.45) is 11.8 Å². The molecule has 2 N–H and O–H groups in total. The van der Waals surface area contributed by atoms with Crippen molar-refractivity contribution in [3.8, 4) is 17.2 Å². The number of nitrogens with zero attached hydrogens (tertiary/aromatic N) is 1. The number of aryl methyl sites for hydroxylation is 1. The van der Waals surface area contributed by atoms with Gasteiger partial charge in [-0.3, -0.25) is 4.98 Å². The van der Waals surface area contributed by atoms with Crippen LogP contribution in [-0.2, 0) is 27.8 Å². The molecule has 7 rings (SSSR count). The number of carboxylic acid groups (broad SMARTS) is 1. The van der Waals surface area contributed by atoms with Gasteiger partial charge in [0.15, 0.2) is 11.5 Å². The highest BCUT2D eigenvalue weighted by Gasteiger charge is 2.54. The first-order valence-corrected chi connectivity index (χ1v) is 18.4. The third kappa shape index (κ3) is 6.71. The number of carboxylic acids is 1. The number of benzene rings is 2. The van der Waals surface area contributed by atoms with Crippen molar-refractivity contribution in [3.05, 3.63) is 76.1 Å². The predicted molar refractivity (Wildman–Crippen MR) is 190 cm³/mol. The summed E-state index contributed by atoms with van der Waals surface area (Å²) in [5.41, 5.74) is 4.49. The molecule has 49 heavy (non-hydrogen) atoms. The summed E-state index contributed by atoms with van der Waals surface area (Å²) in [4.78, 5) is 17.6. The summed E-state index contributed by atoms with van der Waals surface area (Å²) in [5.74, 6) is 2.78. The first-order valence-electron chi connectivity index (χ1n) is 18.0. The van der Waals surface area contributed by atoms with Crippen LogP contribution in [0.1, 0.15) is 93.5 Å². The fourth-order valence-corrected chi connectivity index (χ4v) is 9.35. The van der Waals surface area contributed by atoms with Gasteiger partial charge in [-0.2, -0.15) is 0 Å². The van der Waals surface area contributed by atoms with Crippen LogP contribution in [0, 0.1) is 11.8 Å². The number of fused-ring (bicyclic) bond motifs is 4. The number of hydrogen-bond donors (Lipinski definition) is 2. The predicted octanol–water partition coefficient (Wildman–Crippen LogP) is 8.38. The van der Waals surface area contributed by atoms with Gasteiger partial charge in [0.25, 0.3) is 0 Å². The molecule has 3 aromatic rings. The number of rotatable bonds is 10. The molecule has 4 aliphatic rings. The molecular formula is C40H49ClN2O6. The van der Waals surface area contributed by atoms with Crippen molar-refractivity contribution in [1.29, 1.82) is 0 Å². The van der Waals surface area contributed by atoms with Gasteiger partial charge in [-0.25, -0.2) is 4.79 Å². The number of aliphatic carboxylic acids is 1. The fraction of sp³-hybridized carbons (Fsp3) is 0.550. The SMILES string of the molecule is COC[C@H]1CCOc2cc3c(cc2O1)C1(CCC(Nc2cccc(Cl)c2)(C(=O)O)CC1)[C@@H](C[C@@H](C)COc1ccnc2c1[C@H](C)CCC2)C3. The number of anilines is 1. The Morgan fingerprint density at radius 3 is 2.76 bits per heavy atom. The maximum absolute atomic E-state index is 13.0. The molecule has 4 atom stereocenters. The third-order valence-electron chi connectivity index (χ3n) is 11.7. The number of methoxy groups -OCH3 is 1. The molecule has 0 amide bonds. The van der Waals surface area contributed by atoms with Crippen molar-refractivity contribution in [3.63, 3.8) is 0 Å². The minimum absolute atomic E-state index is 0.0795. The molecule has 1 aliphatic heterocycles. The van der Waals surface area contributed by atoms with Crippen molar-refractivity contribution < 1.29 is 28.8 Å². The first-order chi connectivity index (χ1) is 23.7. The number of aromatic nitrogens is 1. The fourth-order valence-electron chi connectivity index (χ4n) is 9.16. The summed E-state index contributed by atoms with van der Waals surface area (Å²) in [7, 11) is 1.70. The number of pyridine rings is 1. The number of ether oxygens (including phenoxy) is 4. The van der Waals surface area contributed by atoms with E-state index in [-0.39, 0.29) is 11.5 Å². The highest BCUT2D eigenvalue weighted by atomic mass is 35.5. The van der Waals surface area contributed by atoms with Crippen LogP contribution in [0.2, 0.25) is 5.02 Å². The Morgan fingerprint density at radius 1 is 1.14 bits per heavy atom. The van der Waals surface area contributed by atoms with Crippen molar-refractivity contribution in [2.45, 2.75) is 101 Å². The lowest BCUT2D eigenvalue weighted by Gasteiger charge is -2.47. The average molecular weight is 689 g/mol. The number of hydrogen-bond acceptors (Lipinski definition) is 7. The highest BCUT2D eigenvalue weighted by molar-refractivity contribution is 6.30. The molecule has 3 aliphatic carbocycles. The van der Waals surface area contributed by atoms with E-state index in [0.29, 0.717) is 55.4 Å². The van der Waals surface area contributed by atoms with Crippen LogP contribution in [0.5, 0.6) is 17.2 Å². The van der Waals surface area contributed by atoms with Crippen LogP contribution in [0.25, 0.3) is 0 Å². The van der Waals surface area contributed by atoms with Crippen molar-refractivity contribution in [1.82, 2.24) is 4.98 Å². The zero-order valence-corrected chi connectivity index (χ0v) is 29.7. The molecule has 0 radical (unpaired) electrons. The molecule has 1 saturated carbocycles. The third-order valence-corrected chi connectivity index (χ3v) is 11.9. The molecule has 1 fully saturated rings. The maximum atomic E-state index is 13.0. The van der Waals surface area contributed by atoms with Gasteiger partial charge >= 0.3 is 5.97 Å². The van der Waals surface area contributed by atoms with Gasteiger partial charge in [0.1, 0.15) is 17.4 Å². The summed E-state index contributed by atoms with van der Waals surface area (Å²) in [6, 6.07) is 13.8. The molecular weight excluding hydrogens is 640 g/mol. The lowest BCUT2D eigenvalue weighted by atomic mass is 9.59. The monoisotopic (exact) mass is 688 g/mol. The second-order valence-corrected chi connectivity index (χ2v) is 15.4. The van der Waals surface area contributed by atoms with Gasteiger partial charge in [0.05, 0.1) is 19.8 Å². The average Bonchev–Trinajstić information content (AvgIpc) is 3.20. The van der Waals surface area contributed by atoms with E-state index in [1.807, 2.05) is 24.4 Å². The quantitative estimate of drug-likeness (QED) is 0.219. The molecule has 9 heteroatoms.